The lowest BCUT2D eigenvalue weighted by molar-refractivity contribution is -0.159. The van der Waals surface area contributed by atoms with Crippen LogP contribution in [0.3, 0.4) is 0 Å². The van der Waals surface area contributed by atoms with Crippen LogP contribution in [0, 0.1) is 0 Å². The third-order valence-corrected chi connectivity index (χ3v) is 4.70. The normalized spacial score (nSPS) is 10.2. The van der Waals surface area contributed by atoms with Gasteiger partial charge in [0.25, 0.3) is 0 Å². The number of hydrogen-bond donors (Lipinski definition) is 2. The van der Waals surface area contributed by atoms with E-state index in [1.807, 2.05) is 12.1 Å². The zero-order valence-electron chi connectivity index (χ0n) is 19.3. The largest absolute Gasteiger partial charge is 0.493 e. The minimum Gasteiger partial charge on any atom is -0.493 e. The molecular formula is C25H35NO6. The summed E-state index contributed by atoms with van der Waals surface area (Å²) < 4.78 is 11.5. The van der Waals surface area contributed by atoms with Gasteiger partial charge in [0.05, 0.1) is 13.7 Å². The minimum absolute atomic E-state index is 0.654. The lowest BCUT2D eigenvalue weighted by Crippen LogP contribution is -2.27. The predicted molar refractivity (Wildman–Crippen MR) is 125 cm³/mol. The number of carboxylic acid groups (broad SMARTS) is 2. The molecule has 2 aromatic carbocycles. The van der Waals surface area contributed by atoms with Gasteiger partial charge in [0.1, 0.15) is 0 Å². The van der Waals surface area contributed by atoms with E-state index in [0.717, 1.165) is 30.9 Å². The summed E-state index contributed by atoms with van der Waals surface area (Å²) in [5.74, 6) is -2.00. The van der Waals surface area contributed by atoms with Crippen molar-refractivity contribution in [1.82, 2.24) is 4.90 Å². The summed E-state index contributed by atoms with van der Waals surface area (Å²) in [5, 5.41) is 14.8. The van der Waals surface area contributed by atoms with Crippen LogP contribution in [0.1, 0.15) is 37.8 Å². The number of hydrogen-bond acceptors (Lipinski definition) is 5. The van der Waals surface area contributed by atoms with Crippen molar-refractivity contribution in [3.8, 4) is 11.5 Å². The molecule has 0 saturated carbocycles. The maximum absolute atomic E-state index is 9.10. The zero-order valence-corrected chi connectivity index (χ0v) is 19.3. The summed E-state index contributed by atoms with van der Waals surface area (Å²) in [6, 6.07) is 16.7. The molecule has 0 spiro atoms. The molecule has 2 aromatic rings. The average molecular weight is 446 g/mol. The molecular weight excluding hydrogens is 410 g/mol. The summed E-state index contributed by atoms with van der Waals surface area (Å²) in [6.45, 7) is 8.58. The molecule has 0 atom stereocenters. The van der Waals surface area contributed by atoms with E-state index in [0.29, 0.717) is 6.61 Å². The number of rotatable bonds is 12. The van der Waals surface area contributed by atoms with Gasteiger partial charge in [0, 0.05) is 13.0 Å². The van der Waals surface area contributed by atoms with Crippen molar-refractivity contribution in [3.05, 3.63) is 59.7 Å². The monoisotopic (exact) mass is 445 g/mol. The molecule has 0 saturated heterocycles. The highest BCUT2D eigenvalue weighted by molar-refractivity contribution is 6.27. The Hall–Kier alpha value is -3.06. The van der Waals surface area contributed by atoms with Crippen LogP contribution in [0.15, 0.2) is 48.5 Å². The SMILES string of the molecule is CCCN(CCC)CCc1ccc(OC)c(OCCc2ccccc2)c1.O=C(O)C(=O)O. The molecule has 7 nitrogen and oxygen atoms in total. The van der Waals surface area contributed by atoms with Gasteiger partial charge in [0.15, 0.2) is 11.5 Å². The molecule has 0 amide bonds. The van der Waals surface area contributed by atoms with Crippen molar-refractivity contribution in [1.29, 1.82) is 0 Å². The van der Waals surface area contributed by atoms with E-state index in [9.17, 15) is 0 Å². The van der Waals surface area contributed by atoms with Gasteiger partial charge in [-0.3, -0.25) is 0 Å². The van der Waals surface area contributed by atoms with Gasteiger partial charge in [-0.1, -0.05) is 50.2 Å². The quantitative estimate of drug-likeness (QED) is 0.474. The Morgan fingerprint density at radius 1 is 0.812 bits per heavy atom. The highest BCUT2D eigenvalue weighted by Crippen LogP contribution is 2.28. The Morgan fingerprint density at radius 3 is 1.97 bits per heavy atom. The number of nitrogens with zero attached hydrogens (tertiary/aromatic N) is 1. The maximum atomic E-state index is 9.10. The number of carbonyl (C=O) groups is 2. The first-order chi connectivity index (χ1) is 15.4. The Morgan fingerprint density at radius 2 is 1.44 bits per heavy atom. The Kier molecular flexibility index (Phi) is 13.2. The van der Waals surface area contributed by atoms with Gasteiger partial charge in [-0.15, -0.1) is 0 Å². The summed E-state index contributed by atoms with van der Waals surface area (Å²) in [4.78, 5) is 20.7. The zero-order chi connectivity index (χ0) is 23.8. The fourth-order valence-electron chi connectivity index (χ4n) is 3.17. The third-order valence-electron chi connectivity index (χ3n) is 4.70. The van der Waals surface area contributed by atoms with E-state index >= 15 is 0 Å². The van der Waals surface area contributed by atoms with Gasteiger partial charge in [-0.05, 0) is 55.6 Å². The maximum Gasteiger partial charge on any atom is 0.414 e. The molecule has 32 heavy (non-hydrogen) atoms. The minimum atomic E-state index is -1.82. The van der Waals surface area contributed by atoms with Gasteiger partial charge < -0.3 is 24.6 Å². The summed E-state index contributed by atoms with van der Waals surface area (Å²) in [6.07, 6.45) is 4.35. The second kappa shape index (κ2) is 15.7. The van der Waals surface area contributed by atoms with E-state index in [2.05, 4.69) is 55.1 Å². The van der Waals surface area contributed by atoms with Crippen molar-refractivity contribution in [2.75, 3.05) is 33.4 Å². The molecule has 2 rings (SSSR count). The van der Waals surface area contributed by atoms with Crippen LogP contribution < -0.4 is 9.47 Å². The molecule has 0 fully saturated rings. The first-order valence-corrected chi connectivity index (χ1v) is 10.9. The summed E-state index contributed by atoms with van der Waals surface area (Å²) in [5.41, 5.74) is 2.59. The van der Waals surface area contributed by atoms with Crippen LogP contribution in [-0.4, -0.2) is 60.4 Å². The molecule has 7 heteroatoms. The smallest absolute Gasteiger partial charge is 0.414 e. The lowest BCUT2D eigenvalue weighted by Gasteiger charge is -2.21. The van der Waals surface area contributed by atoms with Gasteiger partial charge in [-0.25, -0.2) is 9.59 Å². The van der Waals surface area contributed by atoms with Crippen LogP contribution in [0.4, 0.5) is 0 Å². The molecule has 0 aromatic heterocycles. The van der Waals surface area contributed by atoms with Crippen molar-refractivity contribution < 1.29 is 29.3 Å². The summed E-state index contributed by atoms with van der Waals surface area (Å²) >= 11 is 0. The van der Waals surface area contributed by atoms with Crippen LogP contribution in [-0.2, 0) is 22.4 Å². The summed E-state index contributed by atoms with van der Waals surface area (Å²) in [7, 11) is 1.70. The van der Waals surface area contributed by atoms with Gasteiger partial charge in [-0.2, -0.15) is 0 Å². The fourth-order valence-corrected chi connectivity index (χ4v) is 3.17. The Bertz CT molecular complexity index is 791. The van der Waals surface area contributed by atoms with Crippen LogP contribution >= 0.6 is 0 Å². The number of ether oxygens (including phenoxy) is 2. The molecule has 2 N–H and O–H groups in total. The van der Waals surface area contributed by atoms with Crippen molar-refractivity contribution in [2.45, 2.75) is 39.5 Å². The molecule has 176 valence electrons. The van der Waals surface area contributed by atoms with Crippen molar-refractivity contribution in [2.24, 2.45) is 0 Å². The first-order valence-electron chi connectivity index (χ1n) is 10.9. The van der Waals surface area contributed by atoms with E-state index in [4.69, 9.17) is 29.3 Å². The first kappa shape index (κ1) is 27.0. The second-order valence-corrected chi connectivity index (χ2v) is 7.27. The molecule has 0 aliphatic carbocycles. The van der Waals surface area contributed by atoms with Gasteiger partial charge >= 0.3 is 11.9 Å². The lowest BCUT2D eigenvalue weighted by atomic mass is 10.1. The molecule has 0 bridgehead atoms. The van der Waals surface area contributed by atoms with Gasteiger partial charge in [0.2, 0.25) is 0 Å². The third kappa shape index (κ3) is 10.8. The number of aliphatic carboxylic acids is 2. The number of carboxylic acids is 2. The molecule has 0 radical (unpaired) electrons. The van der Waals surface area contributed by atoms with Crippen LogP contribution in [0.25, 0.3) is 0 Å². The van der Waals surface area contributed by atoms with E-state index in [1.165, 1.54) is 37.1 Å². The Labute approximate surface area is 190 Å². The highest BCUT2D eigenvalue weighted by atomic mass is 16.5. The van der Waals surface area contributed by atoms with Crippen LogP contribution in [0.2, 0.25) is 0 Å². The second-order valence-electron chi connectivity index (χ2n) is 7.27. The fraction of sp³-hybridized carbons (Fsp3) is 0.440. The van der Waals surface area contributed by atoms with Crippen molar-refractivity contribution in [3.63, 3.8) is 0 Å². The van der Waals surface area contributed by atoms with Crippen molar-refractivity contribution >= 4 is 11.9 Å². The molecule has 0 heterocycles. The molecule has 0 aliphatic heterocycles. The topological polar surface area (TPSA) is 96.3 Å². The van der Waals surface area contributed by atoms with E-state index in [1.54, 1.807) is 7.11 Å². The van der Waals surface area contributed by atoms with Crippen LogP contribution in [0.5, 0.6) is 11.5 Å². The molecule has 0 unspecified atom stereocenters. The van der Waals surface area contributed by atoms with E-state index < -0.39 is 11.9 Å². The van der Waals surface area contributed by atoms with E-state index in [-0.39, 0.29) is 0 Å². The number of methoxy groups -OCH3 is 1. The number of benzene rings is 2. The standard InChI is InChI=1S/C23H33NO2.C2H2O4/c1-4-15-24(16-5-2)17-13-21-11-12-22(25-3)23(19-21)26-18-14-20-9-7-6-8-10-20;3-1(4)2(5)6/h6-12,19H,4-5,13-18H2,1-3H3;(H,3,4)(H,5,6). The highest BCUT2D eigenvalue weighted by Gasteiger charge is 2.08. The predicted octanol–water partition coefficient (Wildman–Crippen LogP) is 4.14. The average Bonchev–Trinajstić information content (AvgIpc) is 2.79. The molecule has 0 aliphatic rings. The Balaban J connectivity index is 0.000000751.